The molecule has 0 aromatic carbocycles. The number of aliphatic hydroxyl groups excluding tert-OH is 1. The Kier molecular flexibility index (Phi) is 4.18. The summed E-state index contributed by atoms with van der Waals surface area (Å²) in [6.45, 7) is 7.61. The van der Waals surface area contributed by atoms with Crippen molar-refractivity contribution in [2.24, 2.45) is 29.1 Å². The molecule has 0 radical (unpaired) electrons. The van der Waals surface area contributed by atoms with Crippen LogP contribution in [0.4, 0.5) is 0 Å². The van der Waals surface area contributed by atoms with Crippen molar-refractivity contribution in [2.45, 2.75) is 65.7 Å². The predicted molar refractivity (Wildman–Crippen MR) is 72.8 cm³/mol. The Balaban J connectivity index is 2.18. The lowest BCUT2D eigenvalue weighted by molar-refractivity contribution is -0.0161. The molecule has 1 heteroatoms. The van der Waals surface area contributed by atoms with Crippen molar-refractivity contribution in [3.05, 3.63) is 0 Å². The largest absolute Gasteiger partial charge is 0.396 e. The van der Waals surface area contributed by atoms with E-state index < -0.39 is 0 Å². The van der Waals surface area contributed by atoms with Crippen LogP contribution in [0.1, 0.15) is 65.7 Å². The average molecular weight is 238 g/mol. The maximum absolute atomic E-state index is 9.95. The van der Waals surface area contributed by atoms with Crippen molar-refractivity contribution < 1.29 is 5.11 Å². The molecule has 2 rings (SSSR count). The van der Waals surface area contributed by atoms with Crippen molar-refractivity contribution >= 4 is 0 Å². The fourth-order valence-electron chi connectivity index (χ4n) is 4.63. The Morgan fingerprint density at radius 3 is 2.35 bits per heavy atom. The number of rotatable bonds is 3. The highest BCUT2D eigenvalue weighted by Gasteiger charge is 2.46. The van der Waals surface area contributed by atoms with Crippen LogP contribution in [0.25, 0.3) is 0 Å². The molecule has 1 N–H and O–H groups in total. The lowest BCUT2D eigenvalue weighted by atomic mass is 9.58. The highest BCUT2D eigenvalue weighted by molar-refractivity contribution is 4.96. The maximum Gasteiger partial charge on any atom is 0.0490 e. The molecule has 17 heavy (non-hydrogen) atoms. The van der Waals surface area contributed by atoms with Crippen LogP contribution in [0, 0.1) is 29.1 Å². The summed E-state index contributed by atoms with van der Waals surface area (Å²) in [5, 5.41) is 9.95. The van der Waals surface area contributed by atoms with E-state index >= 15 is 0 Å². The summed E-state index contributed by atoms with van der Waals surface area (Å²) in [5.41, 5.74) is 0.295. The molecule has 0 aromatic heterocycles. The minimum Gasteiger partial charge on any atom is -0.396 e. The Bertz CT molecular complexity index is 240. The molecule has 2 fully saturated rings. The lowest BCUT2D eigenvalue weighted by Crippen LogP contribution is -2.41. The van der Waals surface area contributed by atoms with Crippen LogP contribution in [-0.2, 0) is 0 Å². The van der Waals surface area contributed by atoms with Gasteiger partial charge in [-0.05, 0) is 54.8 Å². The van der Waals surface area contributed by atoms with Crippen LogP contribution in [0.2, 0.25) is 0 Å². The molecule has 0 saturated heterocycles. The normalized spacial score (nSPS) is 37.6. The highest BCUT2D eigenvalue weighted by atomic mass is 16.3. The summed E-state index contributed by atoms with van der Waals surface area (Å²) >= 11 is 0. The van der Waals surface area contributed by atoms with E-state index in [9.17, 15) is 5.11 Å². The topological polar surface area (TPSA) is 20.2 Å². The van der Waals surface area contributed by atoms with Crippen LogP contribution < -0.4 is 0 Å². The van der Waals surface area contributed by atoms with Gasteiger partial charge in [0.2, 0.25) is 0 Å². The smallest absolute Gasteiger partial charge is 0.0490 e. The third-order valence-corrected chi connectivity index (χ3v) is 5.72. The SMILES string of the molecule is CC1CCC(C(C)C)C(C2(CO)CCCC2)C1. The van der Waals surface area contributed by atoms with E-state index in [0.717, 1.165) is 23.7 Å². The molecule has 2 saturated carbocycles. The van der Waals surface area contributed by atoms with Crippen LogP contribution in [0.3, 0.4) is 0 Å². The first-order chi connectivity index (χ1) is 8.09. The molecule has 0 spiro atoms. The van der Waals surface area contributed by atoms with E-state index in [4.69, 9.17) is 0 Å². The Labute approximate surface area is 107 Å². The summed E-state index contributed by atoms with van der Waals surface area (Å²) in [4.78, 5) is 0. The first-order valence-electron chi connectivity index (χ1n) is 7.70. The predicted octanol–water partition coefficient (Wildman–Crippen LogP) is 4.25. The quantitative estimate of drug-likeness (QED) is 0.779. The Hall–Kier alpha value is -0.0400. The fraction of sp³-hybridized carbons (Fsp3) is 1.00. The fourth-order valence-corrected chi connectivity index (χ4v) is 4.63. The van der Waals surface area contributed by atoms with Crippen LogP contribution >= 0.6 is 0 Å². The summed E-state index contributed by atoms with van der Waals surface area (Å²) in [7, 11) is 0. The molecule has 3 unspecified atom stereocenters. The van der Waals surface area contributed by atoms with Gasteiger partial charge in [0.25, 0.3) is 0 Å². The second kappa shape index (κ2) is 5.30. The number of hydrogen-bond donors (Lipinski definition) is 1. The lowest BCUT2D eigenvalue weighted by Gasteiger charge is -2.47. The van der Waals surface area contributed by atoms with E-state index in [1.54, 1.807) is 0 Å². The maximum atomic E-state index is 9.95. The zero-order chi connectivity index (χ0) is 12.5. The second-order valence-electron chi connectivity index (χ2n) is 7.16. The van der Waals surface area contributed by atoms with Gasteiger partial charge in [0.05, 0.1) is 0 Å². The second-order valence-corrected chi connectivity index (χ2v) is 7.16. The number of hydrogen-bond acceptors (Lipinski definition) is 1. The molecule has 0 heterocycles. The van der Waals surface area contributed by atoms with Crippen LogP contribution in [0.5, 0.6) is 0 Å². The van der Waals surface area contributed by atoms with E-state index in [2.05, 4.69) is 20.8 Å². The molecule has 3 atom stereocenters. The molecule has 0 aromatic rings. The molecular weight excluding hydrogens is 208 g/mol. The molecule has 0 bridgehead atoms. The average Bonchev–Trinajstić information content (AvgIpc) is 2.78. The summed E-state index contributed by atoms with van der Waals surface area (Å²) in [5.74, 6) is 3.31. The number of aliphatic hydroxyl groups is 1. The van der Waals surface area contributed by atoms with Crippen molar-refractivity contribution in [1.29, 1.82) is 0 Å². The Morgan fingerprint density at radius 1 is 1.18 bits per heavy atom. The minimum atomic E-state index is 0.295. The molecular formula is C16H30O. The van der Waals surface area contributed by atoms with Gasteiger partial charge in [-0.2, -0.15) is 0 Å². The van der Waals surface area contributed by atoms with E-state index in [1.807, 2.05) is 0 Å². The van der Waals surface area contributed by atoms with Gasteiger partial charge in [-0.3, -0.25) is 0 Å². The zero-order valence-electron chi connectivity index (χ0n) is 11.9. The third kappa shape index (κ3) is 2.54. The van der Waals surface area contributed by atoms with Gasteiger partial charge in [-0.1, -0.05) is 40.0 Å². The van der Waals surface area contributed by atoms with E-state index in [-0.39, 0.29) is 0 Å². The summed E-state index contributed by atoms with van der Waals surface area (Å²) in [6, 6.07) is 0. The first kappa shape index (κ1) is 13.4. The summed E-state index contributed by atoms with van der Waals surface area (Å²) in [6.07, 6.45) is 9.41. The van der Waals surface area contributed by atoms with Crippen molar-refractivity contribution in [3.63, 3.8) is 0 Å². The van der Waals surface area contributed by atoms with Gasteiger partial charge < -0.3 is 5.11 Å². The van der Waals surface area contributed by atoms with Gasteiger partial charge in [0, 0.05) is 6.61 Å². The van der Waals surface area contributed by atoms with Gasteiger partial charge in [0.15, 0.2) is 0 Å². The molecule has 100 valence electrons. The van der Waals surface area contributed by atoms with E-state index in [1.165, 1.54) is 44.9 Å². The van der Waals surface area contributed by atoms with Gasteiger partial charge in [-0.25, -0.2) is 0 Å². The molecule has 0 aliphatic heterocycles. The third-order valence-electron chi connectivity index (χ3n) is 5.72. The highest BCUT2D eigenvalue weighted by Crippen LogP contribution is 2.54. The van der Waals surface area contributed by atoms with Crippen molar-refractivity contribution in [1.82, 2.24) is 0 Å². The Morgan fingerprint density at radius 2 is 1.82 bits per heavy atom. The van der Waals surface area contributed by atoms with Crippen LogP contribution in [-0.4, -0.2) is 11.7 Å². The van der Waals surface area contributed by atoms with Gasteiger partial charge in [-0.15, -0.1) is 0 Å². The molecule has 2 aliphatic carbocycles. The van der Waals surface area contributed by atoms with Gasteiger partial charge in [0.1, 0.15) is 0 Å². The van der Waals surface area contributed by atoms with Crippen LogP contribution in [0.15, 0.2) is 0 Å². The van der Waals surface area contributed by atoms with E-state index in [0.29, 0.717) is 12.0 Å². The molecule has 2 aliphatic rings. The molecule has 0 amide bonds. The summed E-state index contributed by atoms with van der Waals surface area (Å²) < 4.78 is 0. The standard InChI is InChI=1S/C16H30O/c1-12(2)14-7-6-13(3)10-15(14)16(11-17)8-4-5-9-16/h12-15,17H,4-11H2,1-3H3. The monoisotopic (exact) mass is 238 g/mol. The molecule has 1 nitrogen and oxygen atoms in total. The zero-order valence-corrected chi connectivity index (χ0v) is 11.9. The minimum absolute atomic E-state index is 0.295. The first-order valence-corrected chi connectivity index (χ1v) is 7.70. The van der Waals surface area contributed by atoms with Crippen molar-refractivity contribution in [3.8, 4) is 0 Å². The van der Waals surface area contributed by atoms with Crippen molar-refractivity contribution in [2.75, 3.05) is 6.61 Å². The van der Waals surface area contributed by atoms with Gasteiger partial charge >= 0.3 is 0 Å².